The molecular formula is C10H10Cl2F3N3. The second-order valence-corrected chi connectivity index (χ2v) is 4.89. The number of aromatic nitrogens is 2. The van der Waals surface area contributed by atoms with Gasteiger partial charge < -0.3 is 4.90 Å². The van der Waals surface area contributed by atoms with Gasteiger partial charge >= 0.3 is 6.18 Å². The molecule has 8 heteroatoms. The quantitative estimate of drug-likeness (QED) is 0.794. The lowest BCUT2D eigenvalue weighted by Crippen LogP contribution is -2.39. The van der Waals surface area contributed by atoms with E-state index in [1.54, 1.807) is 4.90 Å². The summed E-state index contributed by atoms with van der Waals surface area (Å²) < 4.78 is 37.6. The van der Waals surface area contributed by atoms with Crippen LogP contribution in [0.5, 0.6) is 0 Å². The van der Waals surface area contributed by atoms with Crippen molar-refractivity contribution in [3.05, 3.63) is 16.4 Å². The summed E-state index contributed by atoms with van der Waals surface area (Å²) in [5, 5.41) is 7.54. The van der Waals surface area contributed by atoms with Gasteiger partial charge in [0.25, 0.3) is 0 Å². The molecule has 3 nitrogen and oxygen atoms in total. The molecule has 0 spiro atoms. The maximum Gasteiger partial charge on any atom is 0.391 e. The Balaban J connectivity index is 2.08. The van der Waals surface area contributed by atoms with Crippen LogP contribution in [0.2, 0.25) is 10.3 Å². The number of hydrogen-bond acceptors (Lipinski definition) is 3. The average Bonchev–Trinajstić information content (AvgIpc) is 2.31. The lowest BCUT2D eigenvalue weighted by Gasteiger charge is -2.34. The molecular weight excluding hydrogens is 290 g/mol. The molecule has 0 atom stereocenters. The highest BCUT2D eigenvalue weighted by atomic mass is 35.5. The van der Waals surface area contributed by atoms with Gasteiger partial charge in [-0.1, -0.05) is 23.2 Å². The Hall–Kier alpha value is -0.750. The van der Waals surface area contributed by atoms with Crippen molar-refractivity contribution in [2.24, 2.45) is 5.92 Å². The van der Waals surface area contributed by atoms with E-state index in [0.717, 1.165) is 0 Å². The van der Waals surface area contributed by atoms with E-state index in [1.807, 2.05) is 0 Å². The normalized spacial score (nSPS) is 18.2. The first-order valence-electron chi connectivity index (χ1n) is 5.38. The van der Waals surface area contributed by atoms with Crippen LogP contribution in [-0.2, 0) is 0 Å². The molecule has 0 aliphatic carbocycles. The van der Waals surface area contributed by atoms with Gasteiger partial charge in [-0.3, -0.25) is 0 Å². The Morgan fingerprint density at radius 2 is 1.78 bits per heavy atom. The van der Waals surface area contributed by atoms with E-state index in [0.29, 0.717) is 5.69 Å². The summed E-state index contributed by atoms with van der Waals surface area (Å²) in [5.41, 5.74) is 0.539. The third kappa shape index (κ3) is 2.98. The Morgan fingerprint density at radius 3 is 2.33 bits per heavy atom. The maximum absolute atomic E-state index is 12.5. The highest BCUT2D eigenvalue weighted by molar-refractivity contribution is 6.33. The van der Waals surface area contributed by atoms with Crippen molar-refractivity contribution in [2.75, 3.05) is 18.0 Å². The summed E-state index contributed by atoms with van der Waals surface area (Å²) in [4.78, 5) is 1.76. The van der Waals surface area contributed by atoms with Crippen LogP contribution < -0.4 is 4.90 Å². The van der Waals surface area contributed by atoms with Gasteiger partial charge in [0.05, 0.1) is 11.6 Å². The van der Waals surface area contributed by atoms with Crippen LogP contribution in [0.3, 0.4) is 0 Å². The number of alkyl halides is 3. The molecule has 1 aliphatic heterocycles. The minimum atomic E-state index is -4.12. The fourth-order valence-electron chi connectivity index (χ4n) is 2.01. The van der Waals surface area contributed by atoms with Gasteiger partial charge in [0.15, 0.2) is 10.3 Å². The molecule has 0 saturated carbocycles. The zero-order valence-electron chi connectivity index (χ0n) is 9.21. The van der Waals surface area contributed by atoms with E-state index in [4.69, 9.17) is 23.2 Å². The first-order valence-corrected chi connectivity index (χ1v) is 6.14. The number of hydrogen-bond donors (Lipinski definition) is 0. The summed E-state index contributed by atoms with van der Waals surface area (Å²) in [5.74, 6) is -1.24. The van der Waals surface area contributed by atoms with E-state index >= 15 is 0 Å². The number of anilines is 1. The molecule has 1 fully saturated rings. The lowest BCUT2D eigenvalue weighted by molar-refractivity contribution is -0.179. The average molecular weight is 300 g/mol. The molecule has 0 amide bonds. The SMILES string of the molecule is FC(F)(F)C1CCN(c2cc(Cl)nnc2Cl)CC1. The predicted molar refractivity (Wildman–Crippen MR) is 63.0 cm³/mol. The van der Waals surface area contributed by atoms with Crippen molar-refractivity contribution >= 4 is 28.9 Å². The standard InChI is InChI=1S/C10H10Cl2F3N3/c11-8-5-7(9(12)17-16-8)18-3-1-6(2-4-18)10(13,14)15/h5-6H,1-4H2. The molecule has 2 heterocycles. The Morgan fingerprint density at radius 1 is 1.17 bits per heavy atom. The highest BCUT2D eigenvalue weighted by Gasteiger charge is 2.41. The summed E-state index contributed by atoms with van der Waals surface area (Å²) in [6.45, 7) is 0.567. The zero-order valence-corrected chi connectivity index (χ0v) is 10.7. The Bertz CT molecular complexity index is 431. The van der Waals surface area contributed by atoms with Crippen LogP contribution in [0.25, 0.3) is 0 Å². The van der Waals surface area contributed by atoms with Gasteiger partial charge in [-0.05, 0) is 12.8 Å². The summed E-state index contributed by atoms with van der Waals surface area (Å²) >= 11 is 11.6. The Labute approximate surface area is 112 Å². The largest absolute Gasteiger partial charge is 0.391 e. The van der Waals surface area contributed by atoms with Crippen molar-refractivity contribution in [3.63, 3.8) is 0 Å². The second kappa shape index (κ2) is 5.09. The first-order chi connectivity index (χ1) is 8.38. The molecule has 1 aromatic rings. The summed E-state index contributed by atoms with van der Waals surface area (Å²) in [7, 11) is 0. The van der Waals surface area contributed by atoms with E-state index in [1.165, 1.54) is 6.07 Å². The molecule has 1 aliphatic rings. The van der Waals surface area contributed by atoms with Crippen LogP contribution in [0.15, 0.2) is 6.07 Å². The van der Waals surface area contributed by atoms with Gasteiger partial charge in [0.2, 0.25) is 0 Å². The highest BCUT2D eigenvalue weighted by Crippen LogP contribution is 2.36. The molecule has 2 rings (SSSR count). The fraction of sp³-hybridized carbons (Fsp3) is 0.600. The molecule has 0 radical (unpaired) electrons. The summed E-state index contributed by atoms with van der Waals surface area (Å²) in [6.07, 6.45) is -4.01. The molecule has 100 valence electrons. The molecule has 0 aromatic carbocycles. The lowest BCUT2D eigenvalue weighted by atomic mass is 9.96. The van der Waals surface area contributed by atoms with Crippen molar-refractivity contribution in [3.8, 4) is 0 Å². The fourth-order valence-corrected chi connectivity index (χ4v) is 2.37. The topological polar surface area (TPSA) is 29.0 Å². The molecule has 1 saturated heterocycles. The zero-order chi connectivity index (χ0) is 13.3. The molecule has 0 bridgehead atoms. The molecule has 0 N–H and O–H groups in total. The summed E-state index contributed by atoms with van der Waals surface area (Å²) in [6, 6.07) is 1.52. The van der Waals surface area contributed by atoms with Gasteiger partial charge in [-0.25, -0.2) is 0 Å². The number of piperidine rings is 1. The van der Waals surface area contributed by atoms with Crippen molar-refractivity contribution in [1.82, 2.24) is 10.2 Å². The van der Waals surface area contributed by atoms with E-state index < -0.39 is 12.1 Å². The van der Waals surface area contributed by atoms with Crippen molar-refractivity contribution in [1.29, 1.82) is 0 Å². The van der Waals surface area contributed by atoms with Crippen LogP contribution in [0, 0.1) is 5.92 Å². The third-order valence-corrected chi connectivity index (χ3v) is 3.45. The van der Waals surface area contributed by atoms with E-state index in [-0.39, 0.29) is 36.2 Å². The maximum atomic E-state index is 12.5. The predicted octanol–water partition coefficient (Wildman–Crippen LogP) is 3.56. The monoisotopic (exact) mass is 299 g/mol. The molecule has 18 heavy (non-hydrogen) atoms. The van der Waals surface area contributed by atoms with Gasteiger partial charge in [-0.2, -0.15) is 13.2 Å². The van der Waals surface area contributed by atoms with Crippen LogP contribution in [-0.4, -0.2) is 29.5 Å². The molecule has 1 aromatic heterocycles. The van der Waals surface area contributed by atoms with E-state index in [9.17, 15) is 13.2 Å². The van der Waals surface area contributed by atoms with Gasteiger partial charge in [0, 0.05) is 19.2 Å². The van der Waals surface area contributed by atoms with Crippen LogP contribution >= 0.6 is 23.2 Å². The minimum absolute atomic E-state index is 0.0553. The number of rotatable bonds is 1. The third-order valence-electron chi connectivity index (χ3n) is 3.00. The molecule has 0 unspecified atom stereocenters. The van der Waals surface area contributed by atoms with Crippen LogP contribution in [0.4, 0.5) is 18.9 Å². The minimum Gasteiger partial charge on any atom is -0.369 e. The van der Waals surface area contributed by atoms with Crippen molar-refractivity contribution < 1.29 is 13.2 Å². The number of halogens is 5. The number of nitrogens with zero attached hydrogens (tertiary/aromatic N) is 3. The van der Waals surface area contributed by atoms with Crippen LogP contribution in [0.1, 0.15) is 12.8 Å². The smallest absolute Gasteiger partial charge is 0.369 e. The van der Waals surface area contributed by atoms with Crippen molar-refractivity contribution in [2.45, 2.75) is 19.0 Å². The Kier molecular flexibility index (Phi) is 3.87. The second-order valence-electron chi connectivity index (χ2n) is 4.15. The van der Waals surface area contributed by atoms with Gasteiger partial charge in [0.1, 0.15) is 0 Å². The van der Waals surface area contributed by atoms with Gasteiger partial charge in [-0.15, -0.1) is 10.2 Å². The van der Waals surface area contributed by atoms with E-state index in [2.05, 4.69) is 10.2 Å². The first kappa shape index (κ1) is 13.7.